The smallest absolute Gasteiger partial charge is 0.293 e. The van der Waals surface area contributed by atoms with Crippen molar-refractivity contribution in [3.05, 3.63) is 41.2 Å². The molecule has 0 bridgehead atoms. The fourth-order valence-electron chi connectivity index (χ4n) is 5.36. The molecule has 1 aromatic carbocycles. The molecule has 0 radical (unpaired) electrons. The topological polar surface area (TPSA) is 161 Å². The Balaban J connectivity index is 0.000000693. The van der Waals surface area contributed by atoms with E-state index in [0.29, 0.717) is 36.4 Å². The number of piperazine rings is 1. The Kier molecular flexibility index (Phi) is 13.7. The summed E-state index contributed by atoms with van der Waals surface area (Å²) in [4.78, 5) is 47.3. The Bertz CT molecular complexity index is 1510. The van der Waals surface area contributed by atoms with Crippen LogP contribution in [0.5, 0.6) is 11.6 Å². The molecule has 5 rings (SSSR count). The molecule has 1 aromatic heterocycles. The summed E-state index contributed by atoms with van der Waals surface area (Å²) in [7, 11) is -0.344. The van der Waals surface area contributed by atoms with Crippen molar-refractivity contribution in [2.24, 2.45) is 5.92 Å². The molecule has 48 heavy (non-hydrogen) atoms. The summed E-state index contributed by atoms with van der Waals surface area (Å²) in [5, 5.41) is 2.66. The number of carbonyl (C=O) groups excluding carboxylic acids is 3. The standard InChI is InChI=1S/C27H38N6O6S.C5H8O2.CH4/c1-19-11-20(2)22(23(12-19)38-4)13-29-25(34)18-40(36,37)32-9-10-33(27(35)16-32)24-14-30-26(15-28-24)39-17-21-5-7-31(3)8-6-21;1-5(2-3-5)7-4-6;/h11-12,14-15,21H,5-10,13,16-18H2,1-4H3,(H,29,34);4H,2-3H2,1H3;1H4. The summed E-state index contributed by atoms with van der Waals surface area (Å²) in [6, 6.07) is 3.82. The number of anilines is 1. The SMILES string of the molecule is C.CC1(OC=O)CC1.COc1cc(C)cc(C)c1CNC(=O)CS(=O)(=O)N1CCN(c2cnc(OCC3CCN(C)CC3)cn2)C(=O)C1. The number of likely N-dealkylation sites (tertiary alicyclic amines) is 1. The molecule has 3 heterocycles. The number of nitrogens with one attached hydrogen (secondary N) is 1. The summed E-state index contributed by atoms with van der Waals surface area (Å²) >= 11 is 0. The van der Waals surface area contributed by atoms with Gasteiger partial charge >= 0.3 is 0 Å². The third-order valence-corrected chi connectivity index (χ3v) is 10.4. The van der Waals surface area contributed by atoms with E-state index in [0.717, 1.165) is 59.8 Å². The second-order valence-corrected chi connectivity index (χ2v) is 14.6. The Morgan fingerprint density at radius 2 is 1.81 bits per heavy atom. The molecular formula is C33H50N6O8S. The van der Waals surface area contributed by atoms with Crippen molar-refractivity contribution in [2.75, 3.05) is 64.1 Å². The molecule has 0 spiro atoms. The van der Waals surface area contributed by atoms with Gasteiger partial charge in [-0.3, -0.25) is 19.3 Å². The van der Waals surface area contributed by atoms with E-state index in [4.69, 9.17) is 9.47 Å². The number of hydrogen-bond donors (Lipinski definition) is 1. The van der Waals surface area contributed by atoms with E-state index in [1.807, 2.05) is 32.9 Å². The lowest BCUT2D eigenvalue weighted by Crippen LogP contribution is -2.54. The normalized spacial score (nSPS) is 18.1. The van der Waals surface area contributed by atoms with E-state index in [9.17, 15) is 22.8 Å². The molecule has 15 heteroatoms. The lowest BCUT2D eigenvalue weighted by atomic mass is 9.98. The van der Waals surface area contributed by atoms with Gasteiger partial charge < -0.3 is 24.4 Å². The van der Waals surface area contributed by atoms with E-state index >= 15 is 0 Å². The summed E-state index contributed by atoms with van der Waals surface area (Å²) in [6.45, 7) is 8.87. The molecule has 2 amide bonds. The first-order valence-corrected chi connectivity index (χ1v) is 17.4. The maximum absolute atomic E-state index is 12.9. The predicted octanol–water partition coefficient (Wildman–Crippen LogP) is 2.47. The van der Waals surface area contributed by atoms with Crippen molar-refractivity contribution < 1.29 is 37.0 Å². The summed E-state index contributed by atoms with van der Waals surface area (Å²) in [5.41, 5.74) is 2.67. The van der Waals surface area contributed by atoms with Crippen molar-refractivity contribution in [1.29, 1.82) is 0 Å². The molecule has 3 aliphatic rings. The molecule has 1 saturated carbocycles. The highest BCUT2D eigenvalue weighted by molar-refractivity contribution is 7.89. The van der Waals surface area contributed by atoms with Gasteiger partial charge in [-0.25, -0.2) is 18.4 Å². The number of ether oxygens (including phenoxy) is 3. The lowest BCUT2D eigenvalue weighted by Gasteiger charge is -2.32. The van der Waals surface area contributed by atoms with Crippen molar-refractivity contribution in [2.45, 2.75) is 66.0 Å². The third-order valence-electron chi connectivity index (χ3n) is 8.63. The first kappa shape index (κ1) is 38.6. The molecule has 1 N–H and O–H groups in total. The Hall–Kier alpha value is -3.82. The van der Waals surface area contributed by atoms with Crippen molar-refractivity contribution in [3.63, 3.8) is 0 Å². The van der Waals surface area contributed by atoms with E-state index < -0.39 is 27.6 Å². The lowest BCUT2D eigenvalue weighted by molar-refractivity contribution is -0.134. The van der Waals surface area contributed by atoms with Gasteiger partial charge in [-0.05, 0) is 89.7 Å². The second-order valence-electron chi connectivity index (χ2n) is 12.6. The zero-order chi connectivity index (χ0) is 34.2. The number of benzene rings is 1. The van der Waals surface area contributed by atoms with Crippen molar-refractivity contribution >= 4 is 34.1 Å². The number of hydrogen-bond acceptors (Lipinski definition) is 11. The van der Waals surface area contributed by atoms with Crippen molar-refractivity contribution in [1.82, 2.24) is 24.5 Å². The van der Waals surface area contributed by atoms with E-state index in [1.54, 1.807) is 7.11 Å². The highest BCUT2D eigenvalue weighted by Gasteiger charge is 2.39. The highest BCUT2D eigenvalue weighted by Crippen LogP contribution is 2.37. The number of aryl methyl sites for hydroxylation is 2. The molecule has 0 unspecified atom stereocenters. The van der Waals surface area contributed by atoms with Crippen LogP contribution in [0.1, 0.15) is 56.7 Å². The number of carbonyl (C=O) groups is 3. The molecule has 0 atom stereocenters. The number of rotatable bonds is 12. The Morgan fingerprint density at radius 1 is 1.10 bits per heavy atom. The summed E-state index contributed by atoms with van der Waals surface area (Å²) in [5.74, 6) is -0.0255. The van der Waals surface area contributed by atoms with Crippen LogP contribution >= 0.6 is 0 Å². The van der Waals surface area contributed by atoms with E-state index in [2.05, 4.69) is 32.0 Å². The molecule has 1 aliphatic carbocycles. The number of methoxy groups -OCH3 is 1. The van der Waals surface area contributed by atoms with Crippen LogP contribution in [-0.4, -0.2) is 111 Å². The fraction of sp³-hybridized carbons (Fsp3) is 0.606. The minimum absolute atomic E-state index is 0. The van der Waals surface area contributed by atoms with Gasteiger partial charge in [0, 0.05) is 25.2 Å². The fourth-order valence-corrected chi connectivity index (χ4v) is 6.64. The van der Waals surface area contributed by atoms with Gasteiger partial charge in [-0.2, -0.15) is 4.31 Å². The number of nitrogens with zero attached hydrogens (tertiary/aromatic N) is 5. The van der Waals surface area contributed by atoms with Crippen LogP contribution < -0.4 is 19.7 Å². The van der Waals surface area contributed by atoms with Crippen LogP contribution in [0.25, 0.3) is 0 Å². The zero-order valence-corrected chi connectivity index (χ0v) is 28.7. The molecule has 2 aliphatic heterocycles. The Morgan fingerprint density at radius 3 is 2.38 bits per heavy atom. The van der Waals surface area contributed by atoms with Gasteiger partial charge in [0.2, 0.25) is 27.7 Å². The molecule has 14 nitrogen and oxygen atoms in total. The van der Waals surface area contributed by atoms with Gasteiger partial charge in [0.1, 0.15) is 17.1 Å². The average molecular weight is 691 g/mol. The molecular weight excluding hydrogens is 640 g/mol. The van der Waals surface area contributed by atoms with Crippen LogP contribution in [-0.2, 0) is 35.7 Å². The maximum atomic E-state index is 12.9. The first-order valence-electron chi connectivity index (χ1n) is 15.8. The minimum Gasteiger partial charge on any atom is -0.496 e. The largest absolute Gasteiger partial charge is 0.496 e. The van der Waals surface area contributed by atoms with Crippen LogP contribution in [0, 0.1) is 19.8 Å². The van der Waals surface area contributed by atoms with Crippen LogP contribution in [0.4, 0.5) is 5.82 Å². The number of aromatic nitrogens is 2. The third kappa shape index (κ3) is 10.9. The summed E-state index contributed by atoms with van der Waals surface area (Å²) in [6.07, 6.45) is 7.16. The van der Waals surface area contributed by atoms with E-state index in [-0.39, 0.29) is 39.2 Å². The van der Waals surface area contributed by atoms with Gasteiger partial charge in [-0.15, -0.1) is 0 Å². The maximum Gasteiger partial charge on any atom is 0.293 e. The van der Waals surface area contributed by atoms with Crippen LogP contribution in [0.15, 0.2) is 24.5 Å². The Labute approximate surface area is 284 Å². The average Bonchev–Trinajstić information content (AvgIpc) is 3.76. The minimum atomic E-state index is -4.00. The van der Waals surface area contributed by atoms with Gasteiger partial charge in [0.05, 0.1) is 32.7 Å². The molecule has 3 fully saturated rings. The van der Waals surface area contributed by atoms with Gasteiger partial charge in [0.15, 0.2) is 5.82 Å². The first-order chi connectivity index (χ1) is 22.3. The van der Waals surface area contributed by atoms with Crippen molar-refractivity contribution in [3.8, 4) is 11.6 Å². The molecule has 266 valence electrons. The van der Waals surface area contributed by atoms with E-state index in [1.165, 1.54) is 17.3 Å². The van der Waals surface area contributed by atoms with Crippen LogP contribution in [0.3, 0.4) is 0 Å². The number of amides is 2. The highest BCUT2D eigenvalue weighted by atomic mass is 32.2. The summed E-state index contributed by atoms with van der Waals surface area (Å²) < 4.78 is 42.7. The van der Waals surface area contributed by atoms with Gasteiger partial charge in [-0.1, -0.05) is 13.5 Å². The quantitative estimate of drug-likeness (QED) is 0.326. The monoisotopic (exact) mass is 690 g/mol. The number of sulfonamides is 1. The second kappa shape index (κ2) is 17.0. The predicted molar refractivity (Wildman–Crippen MR) is 181 cm³/mol. The zero-order valence-electron chi connectivity index (χ0n) is 27.9. The molecule has 2 aromatic rings. The van der Waals surface area contributed by atoms with Crippen LogP contribution in [0.2, 0.25) is 0 Å². The molecule has 2 saturated heterocycles. The number of piperidine rings is 1. The van der Waals surface area contributed by atoms with Gasteiger partial charge in [0.25, 0.3) is 6.47 Å².